The summed E-state index contributed by atoms with van der Waals surface area (Å²) in [5.74, 6) is 1.55. The van der Waals surface area contributed by atoms with E-state index in [-0.39, 0.29) is 5.75 Å². The van der Waals surface area contributed by atoms with Crippen LogP contribution in [0.3, 0.4) is 0 Å². The summed E-state index contributed by atoms with van der Waals surface area (Å²) in [5.41, 5.74) is 4.14. The molecule has 1 aromatic carbocycles. The quantitative estimate of drug-likeness (QED) is 0.848. The molecule has 4 rings (SSSR count). The lowest BCUT2D eigenvalue weighted by molar-refractivity contribution is 0.404. The van der Waals surface area contributed by atoms with Gasteiger partial charge >= 0.3 is 0 Å². The van der Waals surface area contributed by atoms with Crippen LogP contribution in [0.4, 0.5) is 5.95 Å². The predicted octanol–water partition coefficient (Wildman–Crippen LogP) is 3.67. The Labute approximate surface area is 161 Å². The predicted molar refractivity (Wildman–Crippen MR) is 107 cm³/mol. The van der Waals surface area contributed by atoms with Gasteiger partial charge < -0.3 is 9.64 Å². The van der Waals surface area contributed by atoms with Crippen molar-refractivity contribution in [2.75, 3.05) is 24.3 Å². The molecule has 1 aliphatic carbocycles. The first-order valence-electron chi connectivity index (χ1n) is 9.56. The summed E-state index contributed by atoms with van der Waals surface area (Å²) in [4.78, 5) is 12.4. The Morgan fingerprint density at radius 2 is 2.15 bits per heavy atom. The molecule has 1 aliphatic heterocycles. The van der Waals surface area contributed by atoms with E-state index in [0.29, 0.717) is 16.7 Å². The van der Waals surface area contributed by atoms with Crippen molar-refractivity contribution in [3.63, 3.8) is 0 Å². The maximum absolute atomic E-state index is 12.8. The van der Waals surface area contributed by atoms with E-state index in [1.807, 2.05) is 18.2 Å². The van der Waals surface area contributed by atoms with Crippen LogP contribution in [0.25, 0.3) is 11.3 Å². The fraction of sp³-hybridized carbons (Fsp3) is 0.500. The highest BCUT2D eigenvalue weighted by atomic mass is 32.2. The zero-order valence-electron chi connectivity index (χ0n) is 16.1. The molecule has 7 heteroatoms. The number of ether oxygens (including phenoxy) is 1. The summed E-state index contributed by atoms with van der Waals surface area (Å²) < 4.78 is 26.4. The van der Waals surface area contributed by atoms with E-state index in [1.165, 1.54) is 12.0 Å². The maximum Gasteiger partial charge on any atom is 0.226 e. The van der Waals surface area contributed by atoms with E-state index < -0.39 is 9.73 Å². The Bertz CT molecular complexity index is 988. The number of aromatic nitrogens is 2. The normalized spacial score (nSPS) is 20.7. The first-order chi connectivity index (χ1) is 12.9. The minimum absolute atomic E-state index is 0.255. The number of hydrogen-bond acceptors (Lipinski definition) is 6. The number of methoxy groups -OCH3 is 1. The summed E-state index contributed by atoms with van der Waals surface area (Å²) in [7, 11) is -1.34. The van der Waals surface area contributed by atoms with Crippen LogP contribution >= 0.6 is 0 Å². The molecule has 2 aliphatic rings. The van der Waals surface area contributed by atoms with Crippen molar-refractivity contribution in [2.24, 2.45) is 0 Å². The number of anilines is 1. The van der Waals surface area contributed by atoms with Crippen LogP contribution in [-0.4, -0.2) is 39.6 Å². The van der Waals surface area contributed by atoms with E-state index >= 15 is 0 Å². The highest BCUT2D eigenvalue weighted by Crippen LogP contribution is 2.36. The smallest absolute Gasteiger partial charge is 0.226 e. The van der Waals surface area contributed by atoms with Crippen molar-refractivity contribution in [1.29, 1.82) is 4.78 Å². The zero-order valence-corrected chi connectivity index (χ0v) is 16.9. The topological polar surface area (TPSA) is 79.2 Å². The average molecular weight is 387 g/mol. The van der Waals surface area contributed by atoms with Crippen LogP contribution in [-0.2, 0) is 22.6 Å². The minimum Gasteiger partial charge on any atom is -0.495 e. The number of hydrogen-bond donors (Lipinski definition) is 1. The van der Waals surface area contributed by atoms with Gasteiger partial charge in [0.1, 0.15) is 5.75 Å². The van der Waals surface area contributed by atoms with Gasteiger partial charge in [0, 0.05) is 35.2 Å². The lowest BCUT2D eigenvalue weighted by atomic mass is 10.0. The molecule has 0 bridgehead atoms. The molecule has 1 N–H and O–H groups in total. The van der Waals surface area contributed by atoms with Gasteiger partial charge in [0.25, 0.3) is 0 Å². The van der Waals surface area contributed by atoms with Gasteiger partial charge in [-0.1, -0.05) is 6.92 Å². The third-order valence-corrected chi connectivity index (χ3v) is 7.54. The van der Waals surface area contributed by atoms with Gasteiger partial charge in [-0.3, -0.25) is 0 Å². The fourth-order valence-corrected chi connectivity index (χ4v) is 4.94. The second-order valence-corrected chi connectivity index (χ2v) is 9.68. The van der Waals surface area contributed by atoms with E-state index in [0.717, 1.165) is 48.7 Å². The summed E-state index contributed by atoms with van der Waals surface area (Å²) >= 11 is 0. The molecule has 0 spiro atoms. The number of fused-ring (bicyclic) bond motifs is 1. The molecule has 2 aromatic rings. The van der Waals surface area contributed by atoms with Crippen molar-refractivity contribution < 1.29 is 8.95 Å². The molecule has 0 saturated carbocycles. The Morgan fingerprint density at radius 3 is 2.78 bits per heavy atom. The number of nitrogens with one attached hydrogen (secondary N) is 1. The molecule has 1 unspecified atom stereocenters. The molecule has 6 nitrogen and oxygen atoms in total. The third-order valence-electron chi connectivity index (χ3n) is 5.70. The Morgan fingerprint density at radius 1 is 1.33 bits per heavy atom. The first kappa shape index (κ1) is 18.2. The van der Waals surface area contributed by atoms with Crippen molar-refractivity contribution in [1.82, 2.24) is 9.97 Å². The van der Waals surface area contributed by atoms with Gasteiger partial charge in [0.2, 0.25) is 5.95 Å². The Hall–Kier alpha value is -2.15. The fourth-order valence-electron chi connectivity index (χ4n) is 3.84. The van der Waals surface area contributed by atoms with E-state index in [2.05, 4.69) is 11.8 Å². The molecule has 1 saturated heterocycles. The summed E-state index contributed by atoms with van der Waals surface area (Å²) in [5, 5.41) is 0. The lowest BCUT2D eigenvalue weighted by Gasteiger charge is -2.39. The molecule has 2 atom stereocenters. The van der Waals surface area contributed by atoms with Crippen LogP contribution in [0.5, 0.6) is 5.75 Å². The van der Waals surface area contributed by atoms with Gasteiger partial charge in [-0.2, -0.15) is 0 Å². The lowest BCUT2D eigenvalue weighted by Crippen LogP contribution is -2.46. The van der Waals surface area contributed by atoms with Gasteiger partial charge in [-0.25, -0.2) is 19.0 Å². The van der Waals surface area contributed by atoms with Gasteiger partial charge in [0.15, 0.2) is 0 Å². The molecule has 1 fully saturated rings. The van der Waals surface area contributed by atoms with Crippen LogP contribution in [0.2, 0.25) is 0 Å². The van der Waals surface area contributed by atoms with Crippen molar-refractivity contribution in [3.05, 3.63) is 29.5 Å². The van der Waals surface area contributed by atoms with E-state index in [4.69, 9.17) is 19.5 Å². The molecule has 0 amide bonds. The number of nitrogens with zero attached hydrogens (tertiary/aromatic N) is 3. The average Bonchev–Trinajstić information content (AvgIpc) is 3.14. The maximum atomic E-state index is 12.8. The minimum atomic E-state index is -2.89. The van der Waals surface area contributed by atoms with Crippen molar-refractivity contribution in [2.45, 2.75) is 50.5 Å². The van der Waals surface area contributed by atoms with Gasteiger partial charge in [-0.15, -0.1) is 0 Å². The molecular formula is C20H26N4O2S. The van der Waals surface area contributed by atoms with E-state index in [1.54, 1.807) is 14.0 Å². The highest BCUT2D eigenvalue weighted by Gasteiger charge is 2.29. The van der Waals surface area contributed by atoms with Crippen LogP contribution in [0, 0.1) is 4.78 Å². The number of aryl methyl sites for hydroxylation is 1. The Balaban J connectivity index is 1.87. The van der Waals surface area contributed by atoms with Crippen LogP contribution in [0.1, 0.15) is 37.9 Å². The Kier molecular flexibility index (Phi) is 4.58. The van der Waals surface area contributed by atoms with Gasteiger partial charge in [-0.05, 0) is 50.8 Å². The largest absolute Gasteiger partial charge is 0.495 e. The molecule has 0 radical (unpaired) electrons. The molecule has 2 heterocycles. The number of rotatable bonds is 5. The first-order valence-corrected chi connectivity index (χ1v) is 11.3. The summed E-state index contributed by atoms with van der Waals surface area (Å²) in [6.45, 7) is 4.96. The van der Waals surface area contributed by atoms with Gasteiger partial charge in [0.05, 0.1) is 27.4 Å². The SMILES string of the molecule is CCS(=N)(=O)c1cc(-c2nc(N3CC[C@@H]3C)nc3c2CCC3)ccc1OC. The second-order valence-electron chi connectivity index (χ2n) is 7.31. The monoisotopic (exact) mass is 386 g/mol. The van der Waals surface area contributed by atoms with Crippen LogP contribution in [0.15, 0.2) is 23.1 Å². The van der Waals surface area contributed by atoms with Crippen molar-refractivity contribution >= 4 is 15.7 Å². The molecular weight excluding hydrogens is 360 g/mol. The molecule has 27 heavy (non-hydrogen) atoms. The summed E-state index contributed by atoms with van der Waals surface area (Å²) in [6, 6.07) is 6.07. The highest BCUT2D eigenvalue weighted by molar-refractivity contribution is 7.92. The third kappa shape index (κ3) is 3.08. The van der Waals surface area contributed by atoms with E-state index in [9.17, 15) is 4.21 Å². The molecule has 1 aromatic heterocycles. The standard InChI is InChI=1S/C20H26N4O2S/c1-4-27(21,25)18-12-14(8-9-17(18)26-3)19-15-6-5-7-16(15)22-20(23-19)24-11-10-13(24)2/h8-9,12-13,21H,4-7,10-11H2,1-3H3/t13-,27?/m0/s1. The second kappa shape index (κ2) is 6.78. The van der Waals surface area contributed by atoms with Crippen molar-refractivity contribution in [3.8, 4) is 17.0 Å². The number of benzene rings is 1. The van der Waals surface area contributed by atoms with Crippen LogP contribution < -0.4 is 9.64 Å². The zero-order chi connectivity index (χ0) is 19.2. The molecule has 144 valence electrons. The summed E-state index contributed by atoms with van der Waals surface area (Å²) in [6.07, 6.45) is 4.20.